The van der Waals surface area contributed by atoms with E-state index in [0.717, 1.165) is 18.6 Å². The van der Waals surface area contributed by atoms with Gasteiger partial charge in [-0.3, -0.25) is 14.6 Å². The second-order valence-electron chi connectivity index (χ2n) is 6.31. The van der Waals surface area contributed by atoms with Gasteiger partial charge in [0.1, 0.15) is 23.2 Å². The van der Waals surface area contributed by atoms with E-state index in [1.807, 2.05) is 24.3 Å². The molecule has 1 aromatic carbocycles. The molecule has 7 heteroatoms. The number of nitrogens with one attached hydrogen (secondary N) is 2. The first-order chi connectivity index (χ1) is 13.2. The van der Waals surface area contributed by atoms with Crippen LogP contribution in [0.15, 0.2) is 59.8 Å². The Morgan fingerprint density at radius 3 is 2.93 bits per heavy atom. The summed E-state index contributed by atoms with van der Waals surface area (Å²) < 4.78 is 5.90. The van der Waals surface area contributed by atoms with Crippen LogP contribution in [-0.2, 0) is 6.42 Å². The molecule has 0 spiro atoms. The van der Waals surface area contributed by atoms with Crippen LogP contribution < -0.4 is 15.6 Å². The van der Waals surface area contributed by atoms with Gasteiger partial charge >= 0.3 is 0 Å². The molecule has 1 aliphatic heterocycles. The largest absolute Gasteiger partial charge is 0.488 e. The Labute approximate surface area is 155 Å². The molecule has 0 aliphatic carbocycles. The Kier molecular flexibility index (Phi) is 4.65. The molecule has 27 heavy (non-hydrogen) atoms. The molecule has 0 bridgehead atoms. The fourth-order valence-electron chi connectivity index (χ4n) is 3.03. The SMILES string of the molecule is O=C(NC[C@H]1CCc2ccccc2O1)c1cnc(-c2cccnc2)[nH]c1=O. The number of hydrogen-bond acceptors (Lipinski definition) is 5. The van der Waals surface area contributed by atoms with Crippen molar-refractivity contribution in [2.45, 2.75) is 18.9 Å². The Balaban J connectivity index is 1.41. The van der Waals surface area contributed by atoms with E-state index in [-0.39, 0.29) is 11.7 Å². The molecular formula is C20H18N4O3. The van der Waals surface area contributed by atoms with Gasteiger partial charge in [0.05, 0.1) is 6.54 Å². The van der Waals surface area contributed by atoms with Crippen LogP contribution in [-0.4, -0.2) is 33.5 Å². The number of carbonyl (C=O) groups excluding carboxylic acids is 1. The zero-order chi connectivity index (χ0) is 18.6. The summed E-state index contributed by atoms with van der Waals surface area (Å²) in [6, 6.07) is 11.4. The lowest BCUT2D eigenvalue weighted by Gasteiger charge is -2.26. The minimum Gasteiger partial charge on any atom is -0.488 e. The first-order valence-electron chi connectivity index (χ1n) is 8.73. The van der Waals surface area contributed by atoms with Gasteiger partial charge in [-0.1, -0.05) is 18.2 Å². The first kappa shape index (κ1) is 17.0. The van der Waals surface area contributed by atoms with Gasteiger partial charge in [0.2, 0.25) is 0 Å². The van der Waals surface area contributed by atoms with Crippen LogP contribution in [0.2, 0.25) is 0 Å². The number of aryl methyl sites for hydroxylation is 1. The molecule has 2 aromatic heterocycles. The molecule has 1 atom stereocenters. The van der Waals surface area contributed by atoms with Gasteiger partial charge in [0.15, 0.2) is 0 Å². The fourth-order valence-corrected chi connectivity index (χ4v) is 3.03. The number of aromatic amines is 1. The molecular weight excluding hydrogens is 344 g/mol. The monoisotopic (exact) mass is 362 g/mol. The Hall–Kier alpha value is -3.48. The van der Waals surface area contributed by atoms with Crippen molar-refractivity contribution >= 4 is 5.91 Å². The lowest BCUT2D eigenvalue weighted by molar-refractivity contribution is 0.0916. The lowest BCUT2D eigenvalue weighted by Crippen LogP contribution is -2.39. The maximum atomic E-state index is 12.4. The van der Waals surface area contributed by atoms with Crippen molar-refractivity contribution in [3.63, 3.8) is 0 Å². The third-order valence-corrected chi connectivity index (χ3v) is 4.47. The number of nitrogens with zero attached hydrogens (tertiary/aromatic N) is 2. The molecule has 2 N–H and O–H groups in total. The summed E-state index contributed by atoms with van der Waals surface area (Å²) in [5.41, 5.74) is 1.33. The van der Waals surface area contributed by atoms with Crippen LogP contribution >= 0.6 is 0 Å². The fraction of sp³-hybridized carbons (Fsp3) is 0.200. The molecule has 0 saturated carbocycles. The quantitative estimate of drug-likeness (QED) is 0.739. The molecule has 136 valence electrons. The Bertz CT molecular complexity index is 1020. The summed E-state index contributed by atoms with van der Waals surface area (Å²) in [4.78, 5) is 35.4. The first-order valence-corrected chi connectivity index (χ1v) is 8.73. The third-order valence-electron chi connectivity index (χ3n) is 4.47. The van der Waals surface area contributed by atoms with E-state index in [0.29, 0.717) is 17.9 Å². The molecule has 0 radical (unpaired) electrons. The number of fused-ring (bicyclic) bond motifs is 1. The molecule has 7 nitrogen and oxygen atoms in total. The highest BCUT2D eigenvalue weighted by Crippen LogP contribution is 2.26. The van der Waals surface area contributed by atoms with E-state index < -0.39 is 11.5 Å². The van der Waals surface area contributed by atoms with E-state index in [9.17, 15) is 9.59 Å². The lowest BCUT2D eigenvalue weighted by atomic mass is 10.0. The van der Waals surface area contributed by atoms with E-state index >= 15 is 0 Å². The summed E-state index contributed by atoms with van der Waals surface area (Å²) >= 11 is 0. The molecule has 4 rings (SSSR count). The normalized spacial score (nSPS) is 15.5. The second kappa shape index (κ2) is 7.41. The standard InChI is InChI=1S/C20H18N4O3/c25-19(23-11-15-8-7-13-4-1-2-6-17(13)27-15)16-12-22-18(24-20(16)26)14-5-3-9-21-10-14/h1-6,9-10,12,15H,7-8,11H2,(H,23,25)(H,22,24,26)/t15-/m1/s1. The minimum absolute atomic E-state index is 0.0288. The molecule has 0 unspecified atom stereocenters. The van der Waals surface area contributed by atoms with Gasteiger partial charge in [-0.05, 0) is 36.6 Å². The van der Waals surface area contributed by atoms with Crippen LogP contribution in [0.25, 0.3) is 11.4 Å². The van der Waals surface area contributed by atoms with Gasteiger partial charge in [-0.2, -0.15) is 0 Å². The number of pyridine rings is 1. The van der Waals surface area contributed by atoms with Gasteiger partial charge in [-0.25, -0.2) is 4.98 Å². The molecule has 3 heterocycles. The average Bonchev–Trinajstić information content (AvgIpc) is 2.72. The summed E-state index contributed by atoms with van der Waals surface area (Å²) in [6.45, 7) is 0.330. The number of ether oxygens (including phenoxy) is 1. The van der Waals surface area contributed by atoms with Crippen LogP contribution in [0, 0.1) is 0 Å². The number of rotatable bonds is 4. The highest BCUT2D eigenvalue weighted by Gasteiger charge is 2.21. The van der Waals surface area contributed by atoms with Crippen molar-refractivity contribution in [3.8, 4) is 17.1 Å². The number of hydrogen-bond donors (Lipinski definition) is 2. The van der Waals surface area contributed by atoms with E-state index in [2.05, 4.69) is 20.3 Å². The van der Waals surface area contributed by atoms with E-state index in [1.165, 1.54) is 11.8 Å². The Morgan fingerprint density at radius 1 is 1.22 bits per heavy atom. The van der Waals surface area contributed by atoms with E-state index in [1.54, 1.807) is 24.5 Å². The summed E-state index contributed by atoms with van der Waals surface area (Å²) in [5, 5.41) is 2.76. The molecule has 0 fully saturated rings. The van der Waals surface area contributed by atoms with Crippen molar-refractivity contribution < 1.29 is 9.53 Å². The second-order valence-corrected chi connectivity index (χ2v) is 6.31. The molecule has 0 saturated heterocycles. The third kappa shape index (κ3) is 3.72. The average molecular weight is 362 g/mol. The van der Waals surface area contributed by atoms with Gasteiger partial charge < -0.3 is 15.0 Å². The number of carbonyl (C=O) groups is 1. The highest BCUT2D eigenvalue weighted by atomic mass is 16.5. The zero-order valence-electron chi connectivity index (χ0n) is 14.5. The van der Waals surface area contributed by atoms with Crippen LogP contribution in [0.1, 0.15) is 22.3 Å². The zero-order valence-corrected chi connectivity index (χ0v) is 14.5. The summed E-state index contributed by atoms with van der Waals surface area (Å²) in [5.74, 6) is 0.754. The topological polar surface area (TPSA) is 97.0 Å². The summed E-state index contributed by atoms with van der Waals surface area (Å²) in [6.07, 6.45) is 6.11. The van der Waals surface area contributed by atoms with Gasteiger partial charge in [-0.15, -0.1) is 0 Å². The maximum Gasteiger partial charge on any atom is 0.264 e. The van der Waals surface area contributed by atoms with Crippen molar-refractivity contribution in [3.05, 3.63) is 76.5 Å². The van der Waals surface area contributed by atoms with Crippen molar-refractivity contribution in [1.82, 2.24) is 20.3 Å². The number of aromatic nitrogens is 3. The molecule has 1 amide bonds. The summed E-state index contributed by atoms with van der Waals surface area (Å²) in [7, 11) is 0. The number of benzene rings is 1. The molecule has 1 aliphatic rings. The smallest absolute Gasteiger partial charge is 0.264 e. The molecule has 3 aromatic rings. The van der Waals surface area contributed by atoms with Crippen molar-refractivity contribution in [2.24, 2.45) is 0 Å². The highest BCUT2D eigenvalue weighted by molar-refractivity contribution is 5.93. The van der Waals surface area contributed by atoms with Crippen LogP contribution in [0.3, 0.4) is 0 Å². The number of amides is 1. The van der Waals surface area contributed by atoms with Gasteiger partial charge in [0, 0.05) is 24.2 Å². The van der Waals surface area contributed by atoms with Gasteiger partial charge in [0.25, 0.3) is 11.5 Å². The van der Waals surface area contributed by atoms with Crippen LogP contribution in [0.4, 0.5) is 0 Å². The predicted octanol–water partition coefficient (Wildman–Crippen LogP) is 1.96. The number of para-hydroxylation sites is 1. The van der Waals surface area contributed by atoms with E-state index in [4.69, 9.17) is 4.74 Å². The van der Waals surface area contributed by atoms with Crippen LogP contribution in [0.5, 0.6) is 5.75 Å². The Morgan fingerprint density at radius 2 is 2.11 bits per heavy atom. The van der Waals surface area contributed by atoms with Crippen molar-refractivity contribution in [1.29, 1.82) is 0 Å². The van der Waals surface area contributed by atoms with Crippen molar-refractivity contribution in [2.75, 3.05) is 6.54 Å². The maximum absolute atomic E-state index is 12.4. The number of H-pyrrole nitrogens is 1. The predicted molar refractivity (Wildman–Crippen MR) is 99.6 cm³/mol. The minimum atomic E-state index is -0.490.